The summed E-state index contributed by atoms with van der Waals surface area (Å²) in [4.78, 5) is 18.1. The summed E-state index contributed by atoms with van der Waals surface area (Å²) in [6, 6.07) is 9.77. The van der Waals surface area contributed by atoms with Crippen LogP contribution in [0.15, 0.2) is 52.7 Å². The van der Waals surface area contributed by atoms with E-state index in [2.05, 4.69) is 48.6 Å². The van der Waals surface area contributed by atoms with E-state index in [1.54, 1.807) is 29.6 Å². The predicted molar refractivity (Wildman–Crippen MR) is 120 cm³/mol. The number of rotatable bonds is 3. The molecule has 26 heavy (non-hydrogen) atoms. The second-order valence-corrected chi connectivity index (χ2v) is 14.1. The Bertz CT molecular complexity index is 1010. The molecule has 0 spiro atoms. The Balaban J connectivity index is 2.11. The monoisotopic (exact) mass is 491 g/mol. The minimum atomic E-state index is -2.20. The van der Waals surface area contributed by atoms with Gasteiger partial charge >= 0.3 is 0 Å². The molecule has 3 nitrogen and oxygen atoms in total. The first-order chi connectivity index (χ1) is 12.5. The third-order valence-corrected chi connectivity index (χ3v) is 12.6. The van der Waals surface area contributed by atoms with Crippen LogP contribution in [0, 0.1) is 2.88 Å². The molecular formula is C20H18INO2SSi. The summed E-state index contributed by atoms with van der Waals surface area (Å²) in [6.07, 6.45) is 5.24. The topological polar surface area (TPSA) is 49.7 Å². The predicted octanol–water partition coefficient (Wildman–Crippen LogP) is 5.11. The molecule has 0 unspecified atom stereocenters. The number of fused-ring (bicyclic) bond motifs is 2. The maximum absolute atomic E-state index is 12.1. The maximum Gasteiger partial charge on any atom is 0.178 e. The summed E-state index contributed by atoms with van der Waals surface area (Å²) in [7, 11) is -2.20. The first kappa shape index (κ1) is 17.9. The first-order valence-electron chi connectivity index (χ1n) is 8.65. The minimum absolute atomic E-state index is 0.0357. The molecule has 2 aliphatic rings. The van der Waals surface area contributed by atoms with Crippen molar-refractivity contribution in [2.75, 3.05) is 0 Å². The summed E-state index contributed by atoms with van der Waals surface area (Å²) in [5.74, 6) is 0.339. The van der Waals surface area contributed by atoms with Crippen molar-refractivity contribution in [2.45, 2.75) is 25.9 Å². The van der Waals surface area contributed by atoms with Crippen LogP contribution in [0.2, 0.25) is 12.1 Å². The Morgan fingerprint density at radius 1 is 1.15 bits per heavy atom. The van der Waals surface area contributed by atoms with Gasteiger partial charge in [-0.15, -0.1) is 11.3 Å². The standard InChI is InChI=1S/C20H18INO2SSi/c1-3-26(4-2)17-11-12(23)5-6-13(17)22-14-7-8-15(24)19(20(14)26)16-9-10-18(21)25-16/h5-11,24H,3-4H2,1-2H3. The van der Waals surface area contributed by atoms with Gasteiger partial charge in [-0.1, -0.05) is 25.9 Å². The van der Waals surface area contributed by atoms with Crippen LogP contribution >= 0.6 is 33.9 Å². The maximum atomic E-state index is 12.1. The number of halogens is 1. The highest BCUT2D eigenvalue weighted by Crippen LogP contribution is 2.43. The van der Waals surface area contributed by atoms with Crippen molar-refractivity contribution in [2.24, 2.45) is 4.99 Å². The number of aromatic hydroxyl groups is 1. The van der Waals surface area contributed by atoms with Gasteiger partial charge in [0.1, 0.15) is 13.8 Å². The summed E-state index contributed by atoms with van der Waals surface area (Å²) in [5, 5.41) is 13.1. The number of hydrogen-bond acceptors (Lipinski definition) is 4. The molecule has 4 rings (SSSR count). The van der Waals surface area contributed by atoms with E-state index in [0.29, 0.717) is 5.75 Å². The molecule has 2 aromatic rings. The average Bonchev–Trinajstić information content (AvgIpc) is 3.06. The van der Waals surface area contributed by atoms with Crippen molar-refractivity contribution < 1.29 is 9.90 Å². The van der Waals surface area contributed by atoms with Crippen LogP contribution in [0.25, 0.3) is 10.4 Å². The zero-order chi connectivity index (χ0) is 18.5. The Labute approximate surface area is 171 Å². The van der Waals surface area contributed by atoms with Crippen LogP contribution in [0.1, 0.15) is 13.8 Å². The smallest absolute Gasteiger partial charge is 0.178 e. The van der Waals surface area contributed by atoms with Crippen LogP contribution in [0.4, 0.5) is 5.69 Å². The number of phenols is 1. The van der Waals surface area contributed by atoms with Gasteiger partial charge in [-0.2, -0.15) is 0 Å². The zero-order valence-corrected chi connectivity index (χ0v) is 18.5. The largest absolute Gasteiger partial charge is 0.507 e. The van der Waals surface area contributed by atoms with Crippen LogP contribution < -0.4 is 5.19 Å². The summed E-state index contributed by atoms with van der Waals surface area (Å²) in [6.45, 7) is 4.41. The number of hydrogen-bond donors (Lipinski definition) is 1. The van der Waals surface area contributed by atoms with Crippen molar-refractivity contribution in [3.63, 3.8) is 0 Å². The summed E-state index contributed by atoms with van der Waals surface area (Å²) >= 11 is 3.99. The van der Waals surface area contributed by atoms with Crippen molar-refractivity contribution in [3.8, 4) is 16.2 Å². The van der Waals surface area contributed by atoms with E-state index in [4.69, 9.17) is 4.99 Å². The number of nitrogens with zero attached hydrogens (tertiary/aromatic N) is 1. The van der Waals surface area contributed by atoms with Crippen LogP contribution in [-0.4, -0.2) is 24.7 Å². The number of benzene rings is 1. The quantitative estimate of drug-likeness (QED) is 0.369. The Morgan fingerprint density at radius 2 is 1.92 bits per heavy atom. The van der Waals surface area contributed by atoms with Crippen molar-refractivity contribution in [1.29, 1.82) is 0 Å². The Hall–Kier alpha value is -1.51. The average molecular weight is 491 g/mol. The fourth-order valence-electron chi connectivity index (χ4n) is 4.10. The number of aliphatic imine (C=N–C) groups is 1. The van der Waals surface area contributed by atoms with Gasteiger partial charge in [-0.3, -0.25) is 4.79 Å². The van der Waals surface area contributed by atoms with Crippen molar-refractivity contribution in [1.82, 2.24) is 0 Å². The molecule has 0 saturated heterocycles. The lowest BCUT2D eigenvalue weighted by Gasteiger charge is -2.39. The van der Waals surface area contributed by atoms with E-state index in [9.17, 15) is 9.90 Å². The molecule has 1 aromatic carbocycles. The highest BCUT2D eigenvalue weighted by molar-refractivity contribution is 14.1. The zero-order valence-electron chi connectivity index (χ0n) is 14.5. The number of carbonyl (C=O) groups is 1. The van der Waals surface area contributed by atoms with E-state index < -0.39 is 8.07 Å². The first-order valence-corrected chi connectivity index (χ1v) is 13.0. The molecule has 1 N–H and O–H groups in total. The van der Waals surface area contributed by atoms with E-state index in [1.807, 2.05) is 12.1 Å². The van der Waals surface area contributed by atoms with Crippen LogP contribution in [0.5, 0.6) is 5.75 Å². The fraction of sp³-hybridized carbons (Fsp3) is 0.200. The molecule has 1 aromatic heterocycles. The van der Waals surface area contributed by atoms with Gasteiger partial charge in [0.2, 0.25) is 0 Å². The number of phenolic OH excluding ortho intramolecular Hbond substituents is 1. The van der Waals surface area contributed by atoms with Gasteiger partial charge < -0.3 is 5.11 Å². The fourth-order valence-corrected chi connectivity index (χ4v) is 10.5. The molecule has 0 amide bonds. The lowest BCUT2D eigenvalue weighted by atomic mass is 10.1. The molecular weight excluding hydrogens is 473 g/mol. The second-order valence-electron chi connectivity index (χ2n) is 6.54. The van der Waals surface area contributed by atoms with E-state index in [-0.39, 0.29) is 5.78 Å². The van der Waals surface area contributed by atoms with Gasteiger partial charge in [0, 0.05) is 10.4 Å². The minimum Gasteiger partial charge on any atom is -0.507 e. The van der Waals surface area contributed by atoms with Crippen LogP contribution in [-0.2, 0) is 4.79 Å². The lowest BCUT2D eigenvalue weighted by molar-refractivity contribution is -0.110. The number of thiophene rings is 1. The molecule has 1 aliphatic heterocycles. The molecule has 2 heterocycles. The van der Waals surface area contributed by atoms with Gasteiger partial charge in [0.25, 0.3) is 0 Å². The number of ketones is 1. The van der Waals surface area contributed by atoms with Gasteiger partial charge in [-0.25, -0.2) is 4.99 Å². The summed E-state index contributed by atoms with van der Waals surface area (Å²) < 4.78 is 1.19. The third-order valence-electron chi connectivity index (χ3n) is 5.39. The Kier molecular flexibility index (Phi) is 4.52. The molecule has 0 radical (unpaired) electrons. The van der Waals surface area contributed by atoms with Gasteiger partial charge in [0.15, 0.2) is 5.78 Å². The van der Waals surface area contributed by atoms with Crippen molar-refractivity contribution in [3.05, 3.63) is 50.6 Å². The van der Waals surface area contributed by atoms with E-state index >= 15 is 0 Å². The molecule has 0 atom stereocenters. The third kappa shape index (κ3) is 2.58. The van der Waals surface area contributed by atoms with Crippen molar-refractivity contribution >= 4 is 64.4 Å². The number of carbonyl (C=O) groups excluding carboxylic acids is 1. The molecule has 132 valence electrons. The van der Waals surface area contributed by atoms with E-state index in [1.165, 1.54) is 8.07 Å². The van der Waals surface area contributed by atoms with E-state index in [0.717, 1.165) is 39.1 Å². The molecule has 0 bridgehead atoms. The highest BCUT2D eigenvalue weighted by Gasteiger charge is 2.45. The highest BCUT2D eigenvalue weighted by atomic mass is 127. The number of allylic oxidation sites excluding steroid dienone is 4. The van der Waals surface area contributed by atoms with Crippen LogP contribution in [0.3, 0.4) is 0 Å². The summed E-state index contributed by atoms with van der Waals surface area (Å²) in [5.41, 5.74) is 2.78. The molecule has 1 aliphatic carbocycles. The molecule has 0 fully saturated rings. The van der Waals surface area contributed by atoms with Gasteiger partial charge in [0.05, 0.1) is 14.3 Å². The molecule has 6 heteroatoms. The molecule has 0 saturated carbocycles. The van der Waals surface area contributed by atoms with Gasteiger partial charge in [-0.05, 0) is 75.5 Å². The Morgan fingerprint density at radius 3 is 2.58 bits per heavy atom. The SMILES string of the molecule is CC[Si]1(CC)C2=CC(=O)C=CC2=Nc2ccc(O)c(-c3ccc(I)s3)c21. The lowest BCUT2D eigenvalue weighted by Crippen LogP contribution is -2.54. The second kappa shape index (κ2) is 6.58. The normalized spacial score (nSPS) is 17.4.